The molecular weight excluding hydrogens is 224 g/mol. The minimum absolute atomic E-state index is 0.111. The number of aliphatic hydroxyl groups excluding tert-OH is 1. The third-order valence-corrected chi connectivity index (χ3v) is 2.41. The molecule has 0 spiro atoms. The molecule has 0 aliphatic heterocycles. The van der Waals surface area contributed by atoms with Crippen molar-refractivity contribution >= 4 is 5.97 Å². The minimum atomic E-state index is -0.777. The molecule has 0 unspecified atom stereocenters. The zero-order chi connectivity index (χ0) is 12.9. The van der Waals surface area contributed by atoms with Crippen molar-refractivity contribution in [1.29, 1.82) is 0 Å². The highest BCUT2D eigenvalue weighted by Gasteiger charge is 2.21. The molecule has 5 heteroatoms. The lowest BCUT2D eigenvalue weighted by molar-refractivity contribution is -0.318. The Hall–Kier alpha value is -1.43. The molecule has 1 aromatic rings. The molecular formula is C12H16O5. The Balaban J connectivity index is 2.65. The first kappa shape index (κ1) is 13.6. The zero-order valence-corrected chi connectivity index (χ0v) is 9.84. The summed E-state index contributed by atoms with van der Waals surface area (Å²) in [4.78, 5) is 15.1. The second-order valence-corrected chi connectivity index (χ2v) is 4.12. The van der Waals surface area contributed by atoms with E-state index in [2.05, 4.69) is 4.89 Å². The quantitative estimate of drug-likeness (QED) is 0.463. The molecule has 0 amide bonds. The van der Waals surface area contributed by atoms with Crippen molar-refractivity contribution < 1.29 is 24.8 Å². The standard InChI is InChI=1S/C12H16O5/c1-12(2,17-15)10-5-3-9(4-6-10)8-16-11(14)7-13/h3-6,13,15H,7-8H2,1-2H3. The van der Waals surface area contributed by atoms with Crippen molar-refractivity contribution in [3.05, 3.63) is 35.4 Å². The highest BCUT2D eigenvalue weighted by molar-refractivity contribution is 5.70. The molecule has 17 heavy (non-hydrogen) atoms. The molecule has 94 valence electrons. The highest BCUT2D eigenvalue weighted by Crippen LogP contribution is 2.23. The Kier molecular flexibility index (Phi) is 4.62. The lowest BCUT2D eigenvalue weighted by Gasteiger charge is -2.20. The average molecular weight is 240 g/mol. The number of ether oxygens (including phenoxy) is 1. The summed E-state index contributed by atoms with van der Waals surface area (Å²) >= 11 is 0. The van der Waals surface area contributed by atoms with Crippen molar-refractivity contribution in [1.82, 2.24) is 0 Å². The minimum Gasteiger partial charge on any atom is -0.459 e. The number of esters is 1. The van der Waals surface area contributed by atoms with Gasteiger partial charge in [-0.2, -0.15) is 0 Å². The Morgan fingerprint density at radius 2 is 1.88 bits per heavy atom. The summed E-state index contributed by atoms with van der Waals surface area (Å²) in [6.07, 6.45) is 0. The topological polar surface area (TPSA) is 76.0 Å². The van der Waals surface area contributed by atoms with Crippen LogP contribution in [0.1, 0.15) is 25.0 Å². The number of hydrogen-bond acceptors (Lipinski definition) is 5. The fraction of sp³-hybridized carbons (Fsp3) is 0.417. The lowest BCUT2D eigenvalue weighted by atomic mass is 9.97. The van der Waals surface area contributed by atoms with Crippen LogP contribution in [0.4, 0.5) is 0 Å². The van der Waals surface area contributed by atoms with Gasteiger partial charge in [0.1, 0.15) is 18.8 Å². The summed E-state index contributed by atoms with van der Waals surface area (Å²) in [5, 5.41) is 17.2. The van der Waals surface area contributed by atoms with Gasteiger partial charge in [-0.1, -0.05) is 24.3 Å². The van der Waals surface area contributed by atoms with Gasteiger partial charge in [0, 0.05) is 0 Å². The summed E-state index contributed by atoms with van der Waals surface area (Å²) in [5.41, 5.74) is 0.821. The van der Waals surface area contributed by atoms with Gasteiger partial charge >= 0.3 is 5.97 Å². The Morgan fingerprint density at radius 1 is 1.29 bits per heavy atom. The van der Waals surface area contributed by atoms with E-state index in [1.54, 1.807) is 38.1 Å². The van der Waals surface area contributed by atoms with Crippen molar-refractivity contribution in [2.45, 2.75) is 26.1 Å². The molecule has 0 fully saturated rings. The van der Waals surface area contributed by atoms with Crippen LogP contribution in [0.5, 0.6) is 0 Å². The van der Waals surface area contributed by atoms with Gasteiger partial charge in [-0.15, -0.1) is 0 Å². The van der Waals surface area contributed by atoms with Gasteiger partial charge in [-0.3, -0.25) is 5.26 Å². The molecule has 1 aromatic carbocycles. The van der Waals surface area contributed by atoms with E-state index in [0.717, 1.165) is 11.1 Å². The molecule has 0 saturated heterocycles. The van der Waals surface area contributed by atoms with Gasteiger partial charge in [0.15, 0.2) is 0 Å². The van der Waals surface area contributed by atoms with Crippen LogP contribution in [0.2, 0.25) is 0 Å². The summed E-state index contributed by atoms with van der Waals surface area (Å²) in [7, 11) is 0. The predicted octanol–water partition coefficient (Wildman–Crippen LogP) is 1.45. The predicted molar refractivity (Wildman–Crippen MR) is 60.1 cm³/mol. The van der Waals surface area contributed by atoms with Gasteiger partial charge in [0.2, 0.25) is 0 Å². The van der Waals surface area contributed by atoms with Crippen LogP contribution in [0.15, 0.2) is 24.3 Å². The maximum atomic E-state index is 10.7. The lowest BCUT2D eigenvalue weighted by Crippen LogP contribution is -2.19. The molecule has 0 heterocycles. The first-order chi connectivity index (χ1) is 7.99. The molecule has 5 nitrogen and oxygen atoms in total. The SMILES string of the molecule is CC(C)(OO)c1ccc(COC(=O)CO)cc1. The Labute approximate surface area is 99.5 Å². The molecule has 0 aromatic heterocycles. The first-order valence-corrected chi connectivity index (χ1v) is 5.18. The van der Waals surface area contributed by atoms with Crippen LogP contribution in [0.25, 0.3) is 0 Å². The van der Waals surface area contributed by atoms with Crippen LogP contribution >= 0.6 is 0 Å². The normalized spacial score (nSPS) is 11.3. The van der Waals surface area contributed by atoms with Gasteiger partial charge in [-0.25, -0.2) is 9.68 Å². The summed E-state index contributed by atoms with van der Waals surface area (Å²) in [6.45, 7) is 2.95. The first-order valence-electron chi connectivity index (χ1n) is 5.18. The van der Waals surface area contributed by atoms with Crippen LogP contribution in [-0.4, -0.2) is 22.9 Å². The van der Waals surface area contributed by atoms with Crippen LogP contribution in [-0.2, 0) is 26.6 Å². The van der Waals surface area contributed by atoms with Gasteiger partial charge < -0.3 is 9.84 Å². The van der Waals surface area contributed by atoms with E-state index in [-0.39, 0.29) is 6.61 Å². The molecule has 0 saturated carbocycles. The second kappa shape index (κ2) is 5.77. The highest BCUT2D eigenvalue weighted by atomic mass is 17.1. The van der Waals surface area contributed by atoms with Crippen LogP contribution in [0, 0.1) is 0 Å². The second-order valence-electron chi connectivity index (χ2n) is 4.12. The third-order valence-electron chi connectivity index (χ3n) is 2.41. The summed E-state index contributed by atoms with van der Waals surface area (Å²) < 4.78 is 4.76. The average Bonchev–Trinajstić information content (AvgIpc) is 2.36. The fourth-order valence-corrected chi connectivity index (χ4v) is 1.26. The largest absolute Gasteiger partial charge is 0.459 e. The van der Waals surface area contributed by atoms with Crippen molar-refractivity contribution in [2.24, 2.45) is 0 Å². The van der Waals surface area contributed by atoms with Gasteiger partial charge in [-0.05, 0) is 25.0 Å². The maximum Gasteiger partial charge on any atom is 0.332 e. The molecule has 2 N–H and O–H groups in total. The maximum absolute atomic E-state index is 10.7. The van der Waals surface area contributed by atoms with E-state index in [1.165, 1.54) is 0 Å². The molecule has 0 radical (unpaired) electrons. The Bertz CT molecular complexity index is 369. The number of hydrogen-bond donors (Lipinski definition) is 2. The van der Waals surface area contributed by atoms with E-state index in [1.807, 2.05) is 0 Å². The van der Waals surface area contributed by atoms with Crippen molar-refractivity contribution in [2.75, 3.05) is 6.61 Å². The zero-order valence-electron chi connectivity index (χ0n) is 9.84. The monoisotopic (exact) mass is 240 g/mol. The van der Waals surface area contributed by atoms with Crippen molar-refractivity contribution in [3.8, 4) is 0 Å². The number of carbonyl (C=O) groups is 1. The number of rotatable bonds is 5. The van der Waals surface area contributed by atoms with E-state index in [0.29, 0.717) is 0 Å². The number of aliphatic hydroxyl groups is 1. The number of benzene rings is 1. The Morgan fingerprint density at radius 3 is 2.35 bits per heavy atom. The molecule has 0 atom stereocenters. The summed E-state index contributed by atoms with van der Waals surface area (Å²) in [6, 6.07) is 7.08. The number of carbonyl (C=O) groups excluding carboxylic acids is 1. The van der Waals surface area contributed by atoms with E-state index in [9.17, 15) is 4.79 Å². The van der Waals surface area contributed by atoms with Gasteiger partial charge in [0.05, 0.1) is 0 Å². The van der Waals surface area contributed by atoms with E-state index in [4.69, 9.17) is 15.1 Å². The van der Waals surface area contributed by atoms with E-state index < -0.39 is 18.2 Å². The van der Waals surface area contributed by atoms with Crippen molar-refractivity contribution in [3.63, 3.8) is 0 Å². The molecule has 1 rings (SSSR count). The van der Waals surface area contributed by atoms with Gasteiger partial charge in [0.25, 0.3) is 0 Å². The summed E-state index contributed by atoms with van der Waals surface area (Å²) in [5.74, 6) is -0.659. The van der Waals surface area contributed by atoms with E-state index >= 15 is 0 Å². The fourth-order valence-electron chi connectivity index (χ4n) is 1.26. The third kappa shape index (κ3) is 3.81. The molecule has 0 aliphatic rings. The molecule has 0 bridgehead atoms. The van der Waals surface area contributed by atoms with Crippen LogP contribution in [0.3, 0.4) is 0 Å². The smallest absolute Gasteiger partial charge is 0.332 e. The van der Waals surface area contributed by atoms with Crippen LogP contribution < -0.4 is 0 Å². The molecule has 0 aliphatic carbocycles.